The standard InChI is InChI=1S/C17H23NO2S/c1-2-15(12-17(19)18-8-10-20-11-9-18)13-21-14-16-6-4-3-5-7-16/h2-7,15H,1,8-14H2. The molecule has 1 atom stereocenters. The van der Waals surface area contributed by atoms with Crippen LogP contribution in [-0.2, 0) is 15.3 Å². The quantitative estimate of drug-likeness (QED) is 0.725. The highest BCUT2D eigenvalue weighted by atomic mass is 32.2. The number of thioether (sulfide) groups is 1. The summed E-state index contributed by atoms with van der Waals surface area (Å²) in [5, 5.41) is 0. The Bertz CT molecular complexity index is 443. The number of hydrogen-bond donors (Lipinski definition) is 0. The van der Waals surface area contributed by atoms with Crippen molar-refractivity contribution in [2.45, 2.75) is 12.2 Å². The molecule has 1 aliphatic rings. The van der Waals surface area contributed by atoms with E-state index in [0.717, 1.165) is 24.6 Å². The molecule has 0 aromatic heterocycles. The van der Waals surface area contributed by atoms with Gasteiger partial charge in [-0.2, -0.15) is 11.8 Å². The van der Waals surface area contributed by atoms with Gasteiger partial charge in [-0.05, 0) is 11.5 Å². The van der Waals surface area contributed by atoms with Gasteiger partial charge in [-0.1, -0.05) is 36.4 Å². The molecule has 1 unspecified atom stereocenters. The average molecular weight is 305 g/mol. The first-order valence-corrected chi connectivity index (χ1v) is 8.55. The Morgan fingerprint density at radius 2 is 2.05 bits per heavy atom. The second-order valence-electron chi connectivity index (χ2n) is 5.19. The number of morpholine rings is 1. The minimum Gasteiger partial charge on any atom is -0.378 e. The highest BCUT2D eigenvalue weighted by Crippen LogP contribution is 2.19. The third kappa shape index (κ3) is 5.56. The summed E-state index contributed by atoms with van der Waals surface area (Å²) < 4.78 is 5.28. The van der Waals surface area contributed by atoms with E-state index in [4.69, 9.17) is 4.74 Å². The van der Waals surface area contributed by atoms with Crippen molar-refractivity contribution in [1.29, 1.82) is 0 Å². The van der Waals surface area contributed by atoms with Gasteiger partial charge in [0.1, 0.15) is 0 Å². The molecule has 1 fully saturated rings. The van der Waals surface area contributed by atoms with E-state index in [1.807, 2.05) is 28.8 Å². The zero-order valence-corrected chi connectivity index (χ0v) is 13.2. The maximum Gasteiger partial charge on any atom is 0.223 e. The van der Waals surface area contributed by atoms with E-state index in [1.165, 1.54) is 5.56 Å². The Morgan fingerprint density at radius 1 is 1.33 bits per heavy atom. The van der Waals surface area contributed by atoms with Crippen LogP contribution in [0, 0.1) is 5.92 Å². The summed E-state index contributed by atoms with van der Waals surface area (Å²) in [6.07, 6.45) is 2.47. The third-order valence-corrected chi connectivity index (χ3v) is 4.78. The molecule has 0 bridgehead atoms. The largest absolute Gasteiger partial charge is 0.378 e. The van der Waals surface area contributed by atoms with Gasteiger partial charge >= 0.3 is 0 Å². The molecule has 1 aromatic carbocycles. The summed E-state index contributed by atoms with van der Waals surface area (Å²) in [7, 11) is 0. The fraction of sp³-hybridized carbons (Fsp3) is 0.471. The smallest absolute Gasteiger partial charge is 0.223 e. The van der Waals surface area contributed by atoms with Crippen molar-refractivity contribution in [2.75, 3.05) is 32.1 Å². The molecule has 1 aliphatic heterocycles. The monoisotopic (exact) mass is 305 g/mol. The van der Waals surface area contributed by atoms with Gasteiger partial charge in [0, 0.05) is 31.0 Å². The Balaban J connectivity index is 1.72. The van der Waals surface area contributed by atoms with Crippen LogP contribution >= 0.6 is 11.8 Å². The predicted molar refractivity (Wildman–Crippen MR) is 88.3 cm³/mol. The highest BCUT2D eigenvalue weighted by molar-refractivity contribution is 7.98. The number of carbonyl (C=O) groups is 1. The van der Waals surface area contributed by atoms with E-state index >= 15 is 0 Å². The second kappa shape index (κ2) is 8.90. The summed E-state index contributed by atoms with van der Waals surface area (Å²) >= 11 is 1.86. The van der Waals surface area contributed by atoms with Gasteiger partial charge in [0.2, 0.25) is 5.91 Å². The Kier molecular flexibility index (Phi) is 6.83. The molecule has 1 heterocycles. The van der Waals surface area contributed by atoms with Gasteiger partial charge in [-0.25, -0.2) is 0 Å². The fourth-order valence-electron chi connectivity index (χ4n) is 2.28. The van der Waals surface area contributed by atoms with Gasteiger partial charge in [0.25, 0.3) is 0 Å². The van der Waals surface area contributed by atoms with Crippen LogP contribution in [-0.4, -0.2) is 42.9 Å². The molecule has 4 heteroatoms. The minimum absolute atomic E-state index is 0.225. The maximum atomic E-state index is 12.2. The van der Waals surface area contributed by atoms with E-state index in [-0.39, 0.29) is 11.8 Å². The molecule has 2 rings (SSSR count). The van der Waals surface area contributed by atoms with Crippen LogP contribution in [0.2, 0.25) is 0 Å². The molecule has 1 aromatic rings. The van der Waals surface area contributed by atoms with Crippen LogP contribution in [0.3, 0.4) is 0 Å². The molecule has 0 aliphatic carbocycles. The van der Waals surface area contributed by atoms with Crippen molar-refractivity contribution in [3.63, 3.8) is 0 Å². The van der Waals surface area contributed by atoms with Gasteiger partial charge in [-0.3, -0.25) is 4.79 Å². The lowest BCUT2D eigenvalue weighted by atomic mass is 10.1. The maximum absolute atomic E-state index is 12.2. The average Bonchev–Trinajstić information content (AvgIpc) is 2.55. The van der Waals surface area contributed by atoms with Crippen molar-refractivity contribution >= 4 is 17.7 Å². The molecule has 0 spiro atoms. The number of allylic oxidation sites excluding steroid dienone is 1. The molecule has 0 N–H and O–H groups in total. The minimum atomic E-state index is 0.225. The van der Waals surface area contributed by atoms with Crippen LogP contribution < -0.4 is 0 Å². The van der Waals surface area contributed by atoms with Crippen LogP contribution in [0.1, 0.15) is 12.0 Å². The first-order valence-electron chi connectivity index (χ1n) is 7.39. The first kappa shape index (κ1) is 16.1. The summed E-state index contributed by atoms with van der Waals surface area (Å²) in [6, 6.07) is 10.4. The summed E-state index contributed by atoms with van der Waals surface area (Å²) in [5.41, 5.74) is 1.32. The van der Waals surface area contributed by atoms with Gasteiger partial charge in [0.15, 0.2) is 0 Å². The van der Waals surface area contributed by atoms with Crippen molar-refractivity contribution in [3.8, 4) is 0 Å². The van der Waals surface area contributed by atoms with Gasteiger partial charge < -0.3 is 9.64 Å². The number of carbonyl (C=O) groups excluding carboxylic acids is 1. The number of ether oxygens (including phenoxy) is 1. The number of rotatable bonds is 7. The van der Waals surface area contributed by atoms with Crippen LogP contribution in [0.15, 0.2) is 43.0 Å². The number of hydrogen-bond acceptors (Lipinski definition) is 3. The van der Waals surface area contributed by atoms with Gasteiger partial charge in [-0.15, -0.1) is 6.58 Å². The molecule has 1 saturated heterocycles. The van der Waals surface area contributed by atoms with E-state index in [9.17, 15) is 4.79 Å². The van der Waals surface area contributed by atoms with Crippen molar-refractivity contribution in [1.82, 2.24) is 4.90 Å². The Labute approximate surface area is 131 Å². The van der Waals surface area contributed by atoms with Crippen molar-refractivity contribution in [3.05, 3.63) is 48.6 Å². The fourth-order valence-corrected chi connectivity index (χ4v) is 3.38. The molecule has 1 amide bonds. The molecule has 0 saturated carbocycles. The van der Waals surface area contributed by atoms with Crippen molar-refractivity contribution in [2.24, 2.45) is 5.92 Å². The zero-order valence-electron chi connectivity index (χ0n) is 12.4. The number of benzene rings is 1. The molecular weight excluding hydrogens is 282 g/mol. The Morgan fingerprint density at radius 3 is 2.71 bits per heavy atom. The molecular formula is C17H23NO2S. The molecule has 3 nitrogen and oxygen atoms in total. The summed E-state index contributed by atoms with van der Waals surface area (Å²) in [4.78, 5) is 14.1. The zero-order chi connectivity index (χ0) is 14.9. The first-order chi connectivity index (χ1) is 10.3. The lowest BCUT2D eigenvalue weighted by Gasteiger charge is -2.28. The SMILES string of the molecule is C=CC(CSCc1ccccc1)CC(=O)N1CCOCC1. The van der Waals surface area contributed by atoms with Crippen molar-refractivity contribution < 1.29 is 9.53 Å². The van der Waals surface area contributed by atoms with Crippen LogP contribution in [0.5, 0.6) is 0 Å². The van der Waals surface area contributed by atoms with Crippen LogP contribution in [0.4, 0.5) is 0 Å². The highest BCUT2D eigenvalue weighted by Gasteiger charge is 2.19. The topological polar surface area (TPSA) is 29.5 Å². The van der Waals surface area contributed by atoms with E-state index in [1.54, 1.807) is 0 Å². The normalized spacial score (nSPS) is 16.5. The van der Waals surface area contributed by atoms with Gasteiger partial charge in [0.05, 0.1) is 13.2 Å². The number of amides is 1. The predicted octanol–water partition coefficient (Wildman–Crippen LogP) is 2.97. The van der Waals surface area contributed by atoms with E-state index in [2.05, 4.69) is 30.8 Å². The number of nitrogens with zero attached hydrogens (tertiary/aromatic N) is 1. The lowest BCUT2D eigenvalue weighted by molar-refractivity contribution is -0.135. The molecule has 21 heavy (non-hydrogen) atoms. The molecule has 0 radical (unpaired) electrons. The van der Waals surface area contributed by atoms with Crippen LogP contribution in [0.25, 0.3) is 0 Å². The summed E-state index contributed by atoms with van der Waals surface area (Å²) in [5.74, 6) is 2.39. The second-order valence-corrected chi connectivity index (χ2v) is 6.22. The van der Waals surface area contributed by atoms with E-state index < -0.39 is 0 Å². The lowest BCUT2D eigenvalue weighted by Crippen LogP contribution is -2.41. The molecule has 114 valence electrons. The van der Waals surface area contributed by atoms with E-state index in [0.29, 0.717) is 19.6 Å². The Hall–Kier alpha value is -1.26. The third-order valence-electron chi connectivity index (χ3n) is 3.58. The summed E-state index contributed by atoms with van der Waals surface area (Å²) in [6.45, 7) is 6.64.